The number of hydrogen-bond donors (Lipinski definition) is 1. The van der Waals surface area contributed by atoms with Crippen LogP contribution >= 0.6 is 0 Å². The van der Waals surface area contributed by atoms with E-state index >= 15 is 0 Å². The Kier molecular flexibility index (Phi) is 4.60. The van der Waals surface area contributed by atoms with E-state index in [0.29, 0.717) is 6.04 Å². The zero-order chi connectivity index (χ0) is 11.5. The third-order valence-corrected chi connectivity index (χ3v) is 4.60. The molecule has 0 bridgehead atoms. The van der Waals surface area contributed by atoms with E-state index in [1.807, 2.05) is 0 Å². The van der Waals surface area contributed by atoms with Crippen LogP contribution in [0.25, 0.3) is 0 Å². The van der Waals surface area contributed by atoms with Crippen LogP contribution in [0.4, 0.5) is 0 Å². The number of rotatable bonds is 5. The van der Waals surface area contributed by atoms with Crippen molar-refractivity contribution in [3.8, 4) is 0 Å². The highest BCUT2D eigenvalue weighted by molar-refractivity contribution is 4.93. The van der Waals surface area contributed by atoms with Gasteiger partial charge in [0.15, 0.2) is 0 Å². The second-order valence-electron chi connectivity index (χ2n) is 5.60. The smallest absolute Gasteiger partial charge is 0.0323 e. The predicted molar refractivity (Wildman–Crippen MR) is 66.9 cm³/mol. The first-order chi connectivity index (χ1) is 7.00. The lowest BCUT2D eigenvalue weighted by atomic mass is 9.82. The molecular weight excluding hydrogens is 184 g/mol. The van der Waals surface area contributed by atoms with Gasteiger partial charge >= 0.3 is 0 Å². The summed E-state index contributed by atoms with van der Waals surface area (Å²) in [5, 5.41) is 0. The molecule has 2 heteroatoms. The first-order valence-electron chi connectivity index (χ1n) is 6.43. The van der Waals surface area contributed by atoms with Gasteiger partial charge in [-0.1, -0.05) is 32.6 Å². The Bertz CT molecular complexity index is 185. The summed E-state index contributed by atoms with van der Waals surface area (Å²) in [6.45, 7) is 4.54. The molecule has 0 radical (unpaired) electrons. The summed E-state index contributed by atoms with van der Waals surface area (Å²) < 4.78 is 0. The minimum absolute atomic E-state index is 0.169. The monoisotopic (exact) mass is 212 g/mol. The van der Waals surface area contributed by atoms with E-state index in [4.69, 9.17) is 5.73 Å². The average molecular weight is 212 g/mol. The summed E-state index contributed by atoms with van der Waals surface area (Å²) >= 11 is 0. The number of nitrogens with two attached hydrogens (primary N) is 1. The van der Waals surface area contributed by atoms with Gasteiger partial charge in [-0.15, -0.1) is 0 Å². The Morgan fingerprint density at radius 3 is 2.27 bits per heavy atom. The summed E-state index contributed by atoms with van der Waals surface area (Å²) in [5.74, 6) is 0.894. The van der Waals surface area contributed by atoms with Crippen LogP contribution in [0.2, 0.25) is 0 Å². The molecule has 2 unspecified atom stereocenters. The van der Waals surface area contributed by atoms with E-state index in [1.165, 1.54) is 32.1 Å². The molecule has 2 atom stereocenters. The van der Waals surface area contributed by atoms with Gasteiger partial charge in [-0.2, -0.15) is 0 Å². The number of likely N-dealkylation sites (N-methyl/N-ethyl adjacent to an activating group) is 1. The maximum atomic E-state index is 6.40. The van der Waals surface area contributed by atoms with E-state index in [1.54, 1.807) is 0 Å². The summed E-state index contributed by atoms with van der Waals surface area (Å²) in [7, 11) is 4.30. The standard InChI is InChI=1S/C13H28N2/c1-5-13(2,15(3)4)12(14)10-11-8-6-7-9-11/h11-12H,5-10,14H2,1-4H3. The van der Waals surface area contributed by atoms with Crippen LogP contribution in [-0.4, -0.2) is 30.6 Å². The van der Waals surface area contributed by atoms with Crippen molar-refractivity contribution in [1.82, 2.24) is 4.90 Å². The Morgan fingerprint density at radius 2 is 1.87 bits per heavy atom. The molecule has 0 heterocycles. The van der Waals surface area contributed by atoms with Crippen molar-refractivity contribution in [1.29, 1.82) is 0 Å². The lowest BCUT2D eigenvalue weighted by Crippen LogP contribution is -2.55. The lowest BCUT2D eigenvalue weighted by Gasteiger charge is -2.41. The van der Waals surface area contributed by atoms with Gasteiger partial charge in [0.05, 0.1) is 0 Å². The fraction of sp³-hybridized carbons (Fsp3) is 1.00. The highest BCUT2D eigenvalue weighted by Gasteiger charge is 2.33. The highest BCUT2D eigenvalue weighted by atomic mass is 15.2. The maximum Gasteiger partial charge on any atom is 0.0323 e. The van der Waals surface area contributed by atoms with Crippen molar-refractivity contribution in [2.75, 3.05) is 14.1 Å². The first-order valence-corrected chi connectivity index (χ1v) is 6.43. The molecule has 0 aromatic heterocycles. The molecule has 2 N–H and O–H groups in total. The molecule has 15 heavy (non-hydrogen) atoms. The van der Waals surface area contributed by atoms with E-state index < -0.39 is 0 Å². The average Bonchev–Trinajstić information content (AvgIpc) is 2.68. The first kappa shape index (κ1) is 13.0. The molecule has 1 rings (SSSR count). The van der Waals surface area contributed by atoms with Crippen LogP contribution in [0, 0.1) is 5.92 Å². The van der Waals surface area contributed by atoms with Crippen molar-refractivity contribution in [2.45, 2.75) is 64.0 Å². The molecule has 0 amide bonds. The lowest BCUT2D eigenvalue weighted by molar-refractivity contribution is 0.118. The van der Waals surface area contributed by atoms with E-state index in [2.05, 4.69) is 32.8 Å². The molecule has 1 saturated carbocycles. The van der Waals surface area contributed by atoms with E-state index in [9.17, 15) is 0 Å². The third kappa shape index (κ3) is 2.94. The van der Waals surface area contributed by atoms with Crippen LogP contribution < -0.4 is 5.73 Å². The molecule has 0 spiro atoms. The molecule has 1 aliphatic carbocycles. The van der Waals surface area contributed by atoms with Crippen LogP contribution in [-0.2, 0) is 0 Å². The highest BCUT2D eigenvalue weighted by Crippen LogP contribution is 2.32. The molecule has 2 nitrogen and oxygen atoms in total. The quantitative estimate of drug-likeness (QED) is 0.759. The van der Waals surface area contributed by atoms with Gasteiger partial charge in [-0.3, -0.25) is 0 Å². The molecule has 1 fully saturated rings. The minimum atomic E-state index is 0.169. The second kappa shape index (κ2) is 5.31. The zero-order valence-corrected chi connectivity index (χ0v) is 10.9. The van der Waals surface area contributed by atoms with Gasteiger partial charge in [0, 0.05) is 11.6 Å². The van der Waals surface area contributed by atoms with Gasteiger partial charge in [-0.25, -0.2) is 0 Å². The van der Waals surface area contributed by atoms with Gasteiger partial charge in [-0.05, 0) is 39.8 Å². The number of nitrogens with zero attached hydrogens (tertiary/aromatic N) is 1. The fourth-order valence-electron chi connectivity index (χ4n) is 2.77. The fourth-order valence-corrected chi connectivity index (χ4v) is 2.77. The zero-order valence-electron chi connectivity index (χ0n) is 10.9. The number of hydrogen-bond acceptors (Lipinski definition) is 2. The molecule has 0 aromatic carbocycles. The molecular formula is C13H28N2. The Balaban J connectivity index is 2.52. The van der Waals surface area contributed by atoms with Crippen LogP contribution in [0.3, 0.4) is 0 Å². The Labute approximate surface area is 95.2 Å². The van der Waals surface area contributed by atoms with Gasteiger partial charge in [0.1, 0.15) is 0 Å². The largest absolute Gasteiger partial charge is 0.326 e. The van der Waals surface area contributed by atoms with Crippen molar-refractivity contribution in [3.63, 3.8) is 0 Å². The van der Waals surface area contributed by atoms with Gasteiger partial charge < -0.3 is 10.6 Å². The molecule has 90 valence electrons. The molecule has 0 aromatic rings. The normalized spacial score (nSPS) is 24.4. The Morgan fingerprint density at radius 1 is 1.33 bits per heavy atom. The summed E-state index contributed by atoms with van der Waals surface area (Å²) in [4.78, 5) is 2.30. The summed E-state index contributed by atoms with van der Waals surface area (Å²) in [6, 6.07) is 0.320. The Hall–Kier alpha value is -0.0800. The van der Waals surface area contributed by atoms with Crippen LogP contribution in [0.5, 0.6) is 0 Å². The second-order valence-corrected chi connectivity index (χ2v) is 5.60. The van der Waals surface area contributed by atoms with E-state index in [0.717, 1.165) is 12.3 Å². The van der Waals surface area contributed by atoms with Crippen molar-refractivity contribution < 1.29 is 0 Å². The van der Waals surface area contributed by atoms with E-state index in [-0.39, 0.29) is 5.54 Å². The molecule has 0 aliphatic heterocycles. The summed E-state index contributed by atoms with van der Waals surface area (Å²) in [5.41, 5.74) is 6.57. The van der Waals surface area contributed by atoms with Gasteiger partial charge in [0.25, 0.3) is 0 Å². The third-order valence-electron chi connectivity index (χ3n) is 4.60. The van der Waals surface area contributed by atoms with Crippen molar-refractivity contribution in [3.05, 3.63) is 0 Å². The minimum Gasteiger partial charge on any atom is -0.326 e. The predicted octanol–water partition coefficient (Wildman–Crippen LogP) is 2.62. The van der Waals surface area contributed by atoms with Crippen molar-refractivity contribution in [2.24, 2.45) is 11.7 Å². The molecule has 0 saturated heterocycles. The SMILES string of the molecule is CCC(C)(C(N)CC1CCCC1)N(C)C. The summed E-state index contributed by atoms with van der Waals surface area (Å²) in [6.07, 6.45) is 7.99. The van der Waals surface area contributed by atoms with Crippen LogP contribution in [0.15, 0.2) is 0 Å². The van der Waals surface area contributed by atoms with Gasteiger partial charge in [0.2, 0.25) is 0 Å². The maximum absolute atomic E-state index is 6.40. The van der Waals surface area contributed by atoms with Crippen LogP contribution in [0.1, 0.15) is 52.4 Å². The molecule has 1 aliphatic rings. The topological polar surface area (TPSA) is 29.3 Å². The van der Waals surface area contributed by atoms with Crippen molar-refractivity contribution >= 4 is 0 Å².